The van der Waals surface area contributed by atoms with Crippen molar-refractivity contribution in [2.24, 2.45) is 0 Å². The number of aliphatic hydroxyl groups is 2. The predicted octanol–water partition coefficient (Wildman–Crippen LogP) is 10.4. The maximum atomic E-state index is 12.6. The van der Waals surface area contributed by atoms with Gasteiger partial charge in [0.2, 0.25) is 0 Å². The molecule has 0 aromatic carbocycles. The third kappa shape index (κ3) is 36.8. The van der Waals surface area contributed by atoms with Gasteiger partial charge in [-0.25, -0.2) is 4.57 Å². The molecule has 0 saturated carbocycles. The lowest BCUT2D eigenvalue weighted by Crippen LogP contribution is -2.29. The summed E-state index contributed by atoms with van der Waals surface area (Å²) in [5.41, 5.74) is 0. The summed E-state index contributed by atoms with van der Waals surface area (Å²) in [6.07, 6.45) is 33.1. The van der Waals surface area contributed by atoms with Crippen LogP contribution < -0.4 is 0 Å². The molecule has 0 amide bonds. The van der Waals surface area contributed by atoms with Gasteiger partial charge in [-0.15, -0.1) is 0 Å². The van der Waals surface area contributed by atoms with E-state index in [1.54, 1.807) is 0 Å². The molecule has 3 N–H and O–H groups in total. The van der Waals surface area contributed by atoms with Crippen LogP contribution in [0.3, 0.4) is 0 Å². The number of ether oxygens (including phenoxy) is 2. The number of carbonyl (C=O) groups is 2. The van der Waals surface area contributed by atoms with Crippen molar-refractivity contribution in [2.45, 2.75) is 206 Å². The van der Waals surface area contributed by atoms with Gasteiger partial charge < -0.3 is 24.6 Å². The molecule has 10 nitrogen and oxygen atoms in total. The second kappa shape index (κ2) is 37.0. The van der Waals surface area contributed by atoms with Gasteiger partial charge >= 0.3 is 19.8 Å². The smallest absolute Gasteiger partial charge is 0.462 e. The molecule has 0 fully saturated rings. The molecule has 3 atom stereocenters. The van der Waals surface area contributed by atoms with Crippen LogP contribution in [-0.2, 0) is 32.7 Å². The van der Waals surface area contributed by atoms with Gasteiger partial charge in [-0.2, -0.15) is 0 Å². The Bertz CT molecular complexity index is 868. The number of phosphoric acid groups is 1. The van der Waals surface area contributed by atoms with Crippen LogP contribution in [0.1, 0.15) is 194 Å². The monoisotopic (exact) mass is 749 g/mol. The first-order chi connectivity index (χ1) is 24.7. The minimum Gasteiger partial charge on any atom is -0.462 e. The van der Waals surface area contributed by atoms with Crippen molar-refractivity contribution >= 4 is 19.8 Å². The highest BCUT2D eigenvalue weighted by Gasteiger charge is 2.27. The second-order valence-electron chi connectivity index (χ2n) is 14.0. The molecule has 0 aliphatic heterocycles. The van der Waals surface area contributed by atoms with E-state index in [1.807, 2.05) is 0 Å². The van der Waals surface area contributed by atoms with Crippen molar-refractivity contribution in [3.05, 3.63) is 12.2 Å². The highest BCUT2D eigenvalue weighted by atomic mass is 31.2. The van der Waals surface area contributed by atoms with Crippen LogP contribution in [0.2, 0.25) is 0 Å². The Morgan fingerprint density at radius 1 is 0.569 bits per heavy atom. The standard InChI is InChI=1S/C40H77O10P/c1-3-5-7-9-11-13-15-17-18-20-22-24-26-28-30-32-40(44)50-38(36-49-51(45,46)48-34-37(42)33-41)35-47-39(43)31-29-27-25-23-21-19-16-14-12-10-8-6-4-2/h13,15,37-38,41-42H,3-12,14,16-36H2,1-2H3,(H,45,46)/b15-13+/t37-,38-/m0/s1. The van der Waals surface area contributed by atoms with Gasteiger partial charge in [-0.3, -0.25) is 18.6 Å². The summed E-state index contributed by atoms with van der Waals surface area (Å²) in [7, 11) is -4.61. The number of hydrogen-bond acceptors (Lipinski definition) is 9. The van der Waals surface area contributed by atoms with Gasteiger partial charge in [-0.1, -0.05) is 154 Å². The quantitative estimate of drug-likeness (QED) is 0.0240. The number of unbranched alkanes of at least 4 members (excludes halogenated alkanes) is 23. The van der Waals surface area contributed by atoms with Crippen LogP contribution in [-0.4, -0.2) is 65.7 Å². The highest BCUT2D eigenvalue weighted by Crippen LogP contribution is 2.43. The largest absolute Gasteiger partial charge is 0.472 e. The van der Waals surface area contributed by atoms with Gasteiger partial charge in [-0.05, 0) is 38.5 Å². The van der Waals surface area contributed by atoms with E-state index in [9.17, 15) is 24.2 Å². The lowest BCUT2D eigenvalue weighted by Gasteiger charge is -2.20. The van der Waals surface area contributed by atoms with Crippen molar-refractivity contribution in [3.63, 3.8) is 0 Å². The van der Waals surface area contributed by atoms with E-state index in [0.29, 0.717) is 12.8 Å². The molecule has 302 valence electrons. The van der Waals surface area contributed by atoms with Gasteiger partial charge in [0, 0.05) is 12.8 Å². The van der Waals surface area contributed by atoms with Crippen molar-refractivity contribution < 1.29 is 47.8 Å². The first-order valence-corrected chi connectivity index (χ1v) is 22.1. The summed E-state index contributed by atoms with van der Waals surface area (Å²) < 4.78 is 32.6. The maximum Gasteiger partial charge on any atom is 0.472 e. The molecule has 0 heterocycles. The normalized spacial score (nSPS) is 14.1. The summed E-state index contributed by atoms with van der Waals surface area (Å²) >= 11 is 0. The minimum atomic E-state index is -4.61. The fourth-order valence-electron chi connectivity index (χ4n) is 5.69. The Morgan fingerprint density at radius 3 is 1.43 bits per heavy atom. The Hall–Kier alpha value is -1.29. The first kappa shape index (κ1) is 49.7. The molecular formula is C40H77O10P. The summed E-state index contributed by atoms with van der Waals surface area (Å²) in [5.74, 6) is -0.922. The predicted molar refractivity (Wildman–Crippen MR) is 205 cm³/mol. The Balaban J connectivity index is 4.31. The van der Waals surface area contributed by atoms with Gasteiger partial charge in [0.1, 0.15) is 12.7 Å². The zero-order chi connectivity index (χ0) is 37.7. The molecule has 0 spiro atoms. The summed E-state index contributed by atoms with van der Waals surface area (Å²) in [6, 6.07) is 0. The molecule has 1 unspecified atom stereocenters. The zero-order valence-electron chi connectivity index (χ0n) is 32.6. The third-order valence-electron chi connectivity index (χ3n) is 8.92. The SMILES string of the molecule is CCCCCC/C=C/CCCCCCCCCC(=O)O[C@@H](COC(=O)CCCCCCCCCCCCCCC)COP(=O)(O)OC[C@@H](O)CO. The molecule has 0 bridgehead atoms. The molecule has 11 heteroatoms. The number of allylic oxidation sites excluding steroid dienone is 2. The van der Waals surface area contributed by atoms with Crippen LogP contribution in [0.5, 0.6) is 0 Å². The van der Waals surface area contributed by atoms with Crippen molar-refractivity contribution in [3.8, 4) is 0 Å². The molecule has 0 rings (SSSR count). The van der Waals surface area contributed by atoms with E-state index in [1.165, 1.54) is 109 Å². The average Bonchev–Trinajstić information content (AvgIpc) is 3.12. The fourth-order valence-corrected chi connectivity index (χ4v) is 6.48. The average molecular weight is 749 g/mol. The minimum absolute atomic E-state index is 0.183. The maximum absolute atomic E-state index is 12.6. The summed E-state index contributed by atoms with van der Waals surface area (Å²) in [4.78, 5) is 34.9. The Kier molecular flexibility index (Phi) is 36.1. The number of aliphatic hydroxyl groups excluding tert-OH is 2. The number of rotatable bonds is 39. The molecule has 0 aliphatic rings. The number of esters is 2. The van der Waals surface area contributed by atoms with E-state index >= 15 is 0 Å². The molecule has 0 saturated heterocycles. The van der Waals surface area contributed by atoms with Gasteiger partial charge in [0.15, 0.2) is 6.10 Å². The molecule has 51 heavy (non-hydrogen) atoms. The summed E-state index contributed by atoms with van der Waals surface area (Å²) in [5, 5.41) is 18.3. The number of hydrogen-bond donors (Lipinski definition) is 3. The van der Waals surface area contributed by atoms with Crippen LogP contribution in [0.15, 0.2) is 12.2 Å². The van der Waals surface area contributed by atoms with Gasteiger partial charge in [0.25, 0.3) is 0 Å². The van der Waals surface area contributed by atoms with Crippen LogP contribution in [0, 0.1) is 0 Å². The second-order valence-corrected chi connectivity index (χ2v) is 15.5. The highest BCUT2D eigenvalue weighted by molar-refractivity contribution is 7.47. The molecule has 0 aliphatic carbocycles. The Labute approximate surface area is 311 Å². The third-order valence-corrected chi connectivity index (χ3v) is 9.87. The van der Waals surface area contributed by atoms with E-state index in [4.69, 9.17) is 19.1 Å². The topological polar surface area (TPSA) is 149 Å². The molecule has 0 radical (unpaired) electrons. The van der Waals surface area contributed by atoms with E-state index < -0.39 is 51.8 Å². The van der Waals surface area contributed by atoms with Crippen LogP contribution in [0.4, 0.5) is 0 Å². The van der Waals surface area contributed by atoms with Crippen molar-refractivity contribution in [1.82, 2.24) is 0 Å². The van der Waals surface area contributed by atoms with Gasteiger partial charge in [0.05, 0.1) is 19.8 Å². The summed E-state index contributed by atoms with van der Waals surface area (Å²) in [6.45, 7) is 2.37. The fraction of sp³-hybridized carbons (Fsp3) is 0.900. The lowest BCUT2D eigenvalue weighted by molar-refractivity contribution is -0.161. The zero-order valence-corrected chi connectivity index (χ0v) is 33.5. The van der Waals surface area contributed by atoms with E-state index in [2.05, 4.69) is 30.5 Å². The van der Waals surface area contributed by atoms with E-state index in [-0.39, 0.29) is 19.4 Å². The number of phosphoric ester groups is 1. The lowest BCUT2D eigenvalue weighted by atomic mass is 10.0. The number of carbonyl (C=O) groups excluding carboxylic acids is 2. The van der Waals surface area contributed by atoms with Crippen molar-refractivity contribution in [1.29, 1.82) is 0 Å². The first-order valence-electron chi connectivity index (χ1n) is 20.6. The molecular weight excluding hydrogens is 671 g/mol. The molecule has 0 aromatic heterocycles. The van der Waals surface area contributed by atoms with Crippen molar-refractivity contribution in [2.75, 3.05) is 26.4 Å². The molecule has 0 aromatic rings. The van der Waals surface area contributed by atoms with Crippen LogP contribution >= 0.6 is 7.82 Å². The van der Waals surface area contributed by atoms with E-state index in [0.717, 1.165) is 44.9 Å². The van der Waals surface area contributed by atoms with Crippen LogP contribution in [0.25, 0.3) is 0 Å². The Morgan fingerprint density at radius 2 is 0.961 bits per heavy atom.